The van der Waals surface area contributed by atoms with Gasteiger partial charge in [-0.3, -0.25) is 4.68 Å². The topological polar surface area (TPSA) is 80.8 Å². The molecule has 7 nitrogen and oxygen atoms in total. The van der Waals surface area contributed by atoms with Crippen molar-refractivity contribution >= 4 is 0 Å². The van der Waals surface area contributed by atoms with E-state index in [1.807, 2.05) is 26.1 Å². The lowest BCUT2D eigenvalue weighted by atomic mass is 9.82. The third-order valence-corrected chi connectivity index (χ3v) is 5.01. The van der Waals surface area contributed by atoms with Gasteiger partial charge in [0.25, 0.3) is 0 Å². The Bertz CT molecular complexity index is 876. The molecule has 2 N–H and O–H groups in total. The van der Waals surface area contributed by atoms with Crippen LogP contribution in [0.2, 0.25) is 0 Å². The lowest BCUT2D eigenvalue weighted by Crippen LogP contribution is -2.55. The van der Waals surface area contributed by atoms with Gasteiger partial charge in [0.15, 0.2) is 0 Å². The Morgan fingerprint density at radius 1 is 1.31 bits per heavy atom. The summed E-state index contributed by atoms with van der Waals surface area (Å²) >= 11 is 0. The number of aliphatic hydroxyl groups excluding tert-OH is 1. The average Bonchev–Trinajstić information content (AvgIpc) is 3.25. The summed E-state index contributed by atoms with van der Waals surface area (Å²) in [6.07, 6.45) is 3.84. The van der Waals surface area contributed by atoms with Gasteiger partial charge in [-0.15, -0.1) is 5.10 Å². The molecule has 0 spiro atoms. The minimum absolute atomic E-state index is 0.0419. The van der Waals surface area contributed by atoms with Crippen LogP contribution in [0.3, 0.4) is 0 Å². The van der Waals surface area contributed by atoms with E-state index in [2.05, 4.69) is 20.7 Å². The molecule has 0 aliphatic heterocycles. The maximum absolute atomic E-state index is 13.1. The molecule has 0 saturated heterocycles. The monoisotopic (exact) mass is 356 g/mol. The molecule has 1 aliphatic carbocycles. The van der Waals surface area contributed by atoms with Crippen molar-refractivity contribution < 1.29 is 9.50 Å². The van der Waals surface area contributed by atoms with Crippen LogP contribution in [0.4, 0.5) is 4.39 Å². The van der Waals surface area contributed by atoms with Gasteiger partial charge in [0, 0.05) is 18.4 Å². The number of benzene rings is 1. The minimum Gasteiger partial charge on any atom is -0.391 e. The van der Waals surface area contributed by atoms with E-state index < -0.39 is 6.10 Å². The second kappa shape index (κ2) is 6.62. The molecule has 1 aliphatic rings. The summed E-state index contributed by atoms with van der Waals surface area (Å²) in [4.78, 5) is 0. The van der Waals surface area contributed by atoms with Crippen LogP contribution in [0.15, 0.2) is 42.7 Å². The summed E-state index contributed by atoms with van der Waals surface area (Å²) in [5.41, 5.74) is 2.49. The number of aliphatic hydroxyl groups is 1. The highest BCUT2D eigenvalue weighted by atomic mass is 19.1. The fraction of sp³-hybridized carbons (Fsp3) is 0.389. The maximum Gasteiger partial charge on any atom is 0.123 e. The Morgan fingerprint density at radius 3 is 2.73 bits per heavy atom. The molecule has 3 aromatic rings. The molecule has 1 saturated carbocycles. The molecule has 2 heterocycles. The molecule has 0 bridgehead atoms. The fourth-order valence-corrected chi connectivity index (χ4v) is 3.56. The third-order valence-electron chi connectivity index (χ3n) is 5.01. The molecule has 1 unspecified atom stereocenters. The predicted molar refractivity (Wildman–Crippen MR) is 93.3 cm³/mol. The van der Waals surface area contributed by atoms with Crippen molar-refractivity contribution in [3.05, 3.63) is 59.9 Å². The molecule has 1 fully saturated rings. The first-order valence-electron chi connectivity index (χ1n) is 8.66. The van der Waals surface area contributed by atoms with Crippen LogP contribution in [0, 0.1) is 12.7 Å². The van der Waals surface area contributed by atoms with Gasteiger partial charge in [0.05, 0.1) is 29.6 Å². The predicted octanol–water partition coefficient (Wildman–Crippen LogP) is 1.94. The number of halogens is 1. The highest BCUT2D eigenvalue weighted by Gasteiger charge is 2.42. The van der Waals surface area contributed by atoms with Gasteiger partial charge in [0.1, 0.15) is 11.5 Å². The molecule has 2 aromatic heterocycles. The van der Waals surface area contributed by atoms with E-state index in [0.717, 1.165) is 17.1 Å². The Morgan fingerprint density at radius 2 is 2.08 bits per heavy atom. The standard InChI is InChI=1S/C18H21FN6O/c1-11(21-15-10-16(26)18(15)24-9-3-8-20-24)17-12(2)25(23-22-17)14-6-4-13(19)5-7-14/h3-9,11,15-16,18,21,26H,10H2,1-2H3/t11?,15-,16+,18+/m0/s1. The van der Waals surface area contributed by atoms with Gasteiger partial charge in [-0.2, -0.15) is 5.10 Å². The number of hydrogen-bond acceptors (Lipinski definition) is 5. The molecule has 4 rings (SSSR count). The van der Waals surface area contributed by atoms with E-state index in [1.54, 1.807) is 27.7 Å². The average molecular weight is 356 g/mol. The van der Waals surface area contributed by atoms with Crippen molar-refractivity contribution in [2.24, 2.45) is 0 Å². The van der Waals surface area contributed by atoms with Gasteiger partial charge >= 0.3 is 0 Å². The highest BCUT2D eigenvalue weighted by molar-refractivity contribution is 5.33. The third kappa shape index (κ3) is 2.91. The van der Waals surface area contributed by atoms with Crippen LogP contribution in [-0.4, -0.2) is 42.0 Å². The van der Waals surface area contributed by atoms with Crippen LogP contribution in [0.1, 0.15) is 36.8 Å². The minimum atomic E-state index is -0.407. The molecular weight excluding hydrogens is 335 g/mol. The van der Waals surface area contributed by atoms with E-state index in [0.29, 0.717) is 6.42 Å². The van der Waals surface area contributed by atoms with E-state index in [1.165, 1.54) is 12.1 Å². The molecule has 26 heavy (non-hydrogen) atoms. The normalized spacial score (nSPS) is 23.6. The van der Waals surface area contributed by atoms with Gasteiger partial charge in [0.2, 0.25) is 0 Å². The Kier molecular flexibility index (Phi) is 4.29. The van der Waals surface area contributed by atoms with Crippen molar-refractivity contribution in [3.8, 4) is 5.69 Å². The summed E-state index contributed by atoms with van der Waals surface area (Å²) in [5.74, 6) is -0.282. The zero-order chi connectivity index (χ0) is 18.3. The number of nitrogens with zero attached hydrogens (tertiary/aromatic N) is 5. The lowest BCUT2D eigenvalue weighted by Gasteiger charge is -2.43. The van der Waals surface area contributed by atoms with Gasteiger partial charge in [-0.05, 0) is 50.6 Å². The SMILES string of the molecule is Cc1c(C(C)N[C@H]2C[C@@H](O)[C@@H]2n2cccn2)nnn1-c1ccc(F)cc1. The first-order chi connectivity index (χ1) is 12.5. The van der Waals surface area contributed by atoms with Crippen LogP contribution in [-0.2, 0) is 0 Å². The summed E-state index contributed by atoms with van der Waals surface area (Å²) in [6.45, 7) is 3.97. The molecular formula is C18H21FN6O. The molecule has 8 heteroatoms. The maximum atomic E-state index is 13.1. The van der Waals surface area contributed by atoms with Crippen molar-refractivity contribution in [2.45, 2.75) is 44.5 Å². The highest BCUT2D eigenvalue weighted by Crippen LogP contribution is 2.34. The van der Waals surface area contributed by atoms with E-state index in [9.17, 15) is 9.50 Å². The van der Waals surface area contributed by atoms with Gasteiger partial charge in [-0.1, -0.05) is 5.21 Å². The first kappa shape index (κ1) is 16.9. The first-order valence-corrected chi connectivity index (χ1v) is 8.66. The Hall–Kier alpha value is -2.58. The van der Waals surface area contributed by atoms with Crippen LogP contribution < -0.4 is 5.32 Å². The summed E-state index contributed by atoms with van der Waals surface area (Å²) in [5, 5.41) is 26.4. The zero-order valence-corrected chi connectivity index (χ0v) is 14.6. The van der Waals surface area contributed by atoms with Crippen LogP contribution in [0.5, 0.6) is 0 Å². The molecule has 1 aromatic carbocycles. The second-order valence-corrected chi connectivity index (χ2v) is 6.72. The molecule has 0 radical (unpaired) electrons. The zero-order valence-electron chi connectivity index (χ0n) is 14.6. The molecule has 0 amide bonds. The summed E-state index contributed by atoms with van der Waals surface area (Å²) in [7, 11) is 0. The smallest absolute Gasteiger partial charge is 0.123 e. The van der Waals surface area contributed by atoms with Crippen molar-refractivity contribution in [1.29, 1.82) is 0 Å². The van der Waals surface area contributed by atoms with Crippen molar-refractivity contribution in [3.63, 3.8) is 0 Å². The number of aromatic nitrogens is 5. The quantitative estimate of drug-likeness (QED) is 0.730. The number of hydrogen-bond donors (Lipinski definition) is 2. The van der Waals surface area contributed by atoms with E-state index in [4.69, 9.17) is 0 Å². The van der Waals surface area contributed by atoms with Crippen LogP contribution in [0.25, 0.3) is 5.69 Å². The Labute approximate surface area is 150 Å². The number of nitrogens with one attached hydrogen (secondary N) is 1. The largest absolute Gasteiger partial charge is 0.391 e. The van der Waals surface area contributed by atoms with E-state index in [-0.39, 0.29) is 23.9 Å². The van der Waals surface area contributed by atoms with E-state index >= 15 is 0 Å². The van der Waals surface area contributed by atoms with Gasteiger partial charge in [-0.25, -0.2) is 9.07 Å². The van der Waals surface area contributed by atoms with Crippen molar-refractivity contribution in [2.75, 3.05) is 0 Å². The fourth-order valence-electron chi connectivity index (χ4n) is 3.56. The van der Waals surface area contributed by atoms with Gasteiger partial charge < -0.3 is 10.4 Å². The lowest BCUT2D eigenvalue weighted by molar-refractivity contribution is -0.0112. The Balaban J connectivity index is 1.50. The molecule has 136 valence electrons. The summed E-state index contributed by atoms with van der Waals surface area (Å²) < 4.78 is 16.6. The number of rotatable bonds is 5. The molecule has 4 atom stereocenters. The van der Waals surface area contributed by atoms with Crippen LogP contribution >= 0.6 is 0 Å². The van der Waals surface area contributed by atoms with Crippen molar-refractivity contribution in [1.82, 2.24) is 30.1 Å². The second-order valence-electron chi connectivity index (χ2n) is 6.72. The summed E-state index contributed by atoms with van der Waals surface area (Å²) in [6, 6.07) is 7.99.